The number of benzene rings is 2. The third kappa shape index (κ3) is 8.19. The van der Waals surface area contributed by atoms with Gasteiger partial charge in [0.25, 0.3) is 0 Å². The van der Waals surface area contributed by atoms with Gasteiger partial charge in [-0.15, -0.1) is 0 Å². The number of rotatable bonds is 9. The molecule has 2 aromatic rings. The van der Waals surface area contributed by atoms with Crippen LogP contribution < -0.4 is 20.7 Å². The lowest BCUT2D eigenvalue weighted by Gasteiger charge is -2.27. The molecule has 200 valence electrons. The highest BCUT2D eigenvalue weighted by Crippen LogP contribution is 2.27. The van der Waals surface area contributed by atoms with Crippen LogP contribution in [0.2, 0.25) is 0 Å². The average Bonchev–Trinajstić information content (AvgIpc) is 2.85. The van der Waals surface area contributed by atoms with E-state index in [0.29, 0.717) is 24.1 Å². The fraction of sp³-hybridized carbons (Fsp3) is 0.423. The van der Waals surface area contributed by atoms with Crippen molar-refractivity contribution in [3.8, 4) is 5.75 Å². The Morgan fingerprint density at radius 2 is 1.70 bits per heavy atom. The summed E-state index contributed by atoms with van der Waals surface area (Å²) in [6, 6.07) is 4.29. The van der Waals surface area contributed by atoms with Gasteiger partial charge in [0.1, 0.15) is 23.5 Å². The van der Waals surface area contributed by atoms with Crippen molar-refractivity contribution in [3.63, 3.8) is 0 Å². The summed E-state index contributed by atoms with van der Waals surface area (Å²) in [7, 11) is 1.34. The molecule has 1 aliphatic carbocycles. The number of amides is 2. The van der Waals surface area contributed by atoms with Crippen molar-refractivity contribution in [1.29, 1.82) is 5.41 Å². The normalized spacial score (nSPS) is 14.5. The van der Waals surface area contributed by atoms with E-state index in [0.717, 1.165) is 32.1 Å². The summed E-state index contributed by atoms with van der Waals surface area (Å²) in [5, 5.41) is 15.7. The number of nitrogens with one attached hydrogen (secondary N) is 4. The zero-order valence-corrected chi connectivity index (χ0v) is 20.4. The molecule has 1 fully saturated rings. The molecule has 2 amide bonds. The molecule has 0 heterocycles. The smallest absolute Gasteiger partial charge is 0.242 e. The van der Waals surface area contributed by atoms with E-state index in [2.05, 4.69) is 16.0 Å². The van der Waals surface area contributed by atoms with Crippen LogP contribution in [0.3, 0.4) is 0 Å². The summed E-state index contributed by atoms with van der Waals surface area (Å²) in [4.78, 5) is 25.3. The lowest BCUT2D eigenvalue weighted by atomic mass is 9.84. The van der Waals surface area contributed by atoms with Crippen molar-refractivity contribution in [2.24, 2.45) is 5.92 Å². The quantitative estimate of drug-likeness (QED) is 0.226. The summed E-state index contributed by atoms with van der Waals surface area (Å²) in [6.07, 6.45) is 4.73. The zero-order valence-electron chi connectivity index (χ0n) is 20.4. The van der Waals surface area contributed by atoms with E-state index in [4.69, 9.17) is 10.1 Å². The molecule has 0 spiro atoms. The molecule has 3 rings (SSSR count). The minimum absolute atomic E-state index is 0.0437. The Morgan fingerprint density at radius 1 is 1.03 bits per heavy atom. The Labute approximate surface area is 212 Å². The highest BCUT2D eigenvalue weighted by molar-refractivity contribution is 5.98. The summed E-state index contributed by atoms with van der Waals surface area (Å²) >= 11 is 0. The van der Waals surface area contributed by atoms with E-state index in [9.17, 15) is 27.2 Å². The van der Waals surface area contributed by atoms with Crippen LogP contribution in [-0.2, 0) is 22.6 Å². The van der Waals surface area contributed by atoms with Crippen molar-refractivity contribution in [2.45, 2.75) is 57.5 Å². The van der Waals surface area contributed by atoms with Crippen LogP contribution in [-0.4, -0.2) is 30.9 Å². The first-order valence-corrected chi connectivity index (χ1v) is 12.0. The molecule has 2 aromatic carbocycles. The van der Waals surface area contributed by atoms with Crippen LogP contribution in [0.25, 0.3) is 0 Å². The summed E-state index contributed by atoms with van der Waals surface area (Å²) < 4.78 is 59.5. The number of hydrogen-bond donors (Lipinski definition) is 4. The van der Waals surface area contributed by atoms with Gasteiger partial charge in [-0.25, -0.2) is 17.6 Å². The predicted molar refractivity (Wildman–Crippen MR) is 129 cm³/mol. The molecule has 0 aromatic heterocycles. The molecule has 0 aliphatic heterocycles. The number of methoxy groups -OCH3 is 1. The number of ether oxygens (including phenoxy) is 1. The van der Waals surface area contributed by atoms with E-state index in [-0.39, 0.29) is 18.2 Å². The lowest BCUT2D eigenvalue weighted by molar-refractivity contribution is -0.123. The number of guanidine groups is 1. The number of carbonyl (C=O) groups is 2. The molecule has 37 heavy (non-hydrogen) atoms. The highest BCUT2D eigenvalue weighted by Gasteiger charge is 2.26. The van der Waals surface area contributed by atoms with Gasteiger partial charge in [0, 0.05) is 24.2 Å². The molecule has 1 saturated carbocycles. The van der Waals surface area contributed by atoms with Crippen molar-refractivity contribution in [2.75, 3.05) is 7.11 Å². The van der Waals surface area contributed by atoms with Crippen molar-refractivity contribution in [3.05, 3.63) is 64.7 Å². The van der Waals surface area contributed by atoms with Gasteiger partial charge in [-0.1, -0.05) is 38.2 Å². The summed E-state index contributed by atoms with van der Waals surface area (Å²) in [6.45, 7) is 0.0845. The molecule has 0 saturated heterocycles. The first-order chi connectivity index (χ1) is 17.7. The molecule has 7 nitrogen and oxygen atoms in total. The maximum atomic E-state index is 13.9. The van der Waals surface area contributed by atoms with E-state index in [1.807, 2.05) is 0 Å². The Bertz CT molecular complexity index is 1120. The Kier molecular flexibility index (Phi) is 9.87. The highest BCUT2D eigenvalue weighted by atomic mass is 19.1. The monoisotopic (exact) mass is 522 g/mol. The van der Waals surface area contributed by atoms with E-state index in [1.54, 1.807) is 0 Å². The second kappa shape index (κ2) is 13.1. The number of carbonyl (C=O) groups excluding carboxylic acids is 2. The van der Waals surface area contributed by atoms with Gasteiger partial charge in [0.15, 0.2) is 17.5 Å². The maximum Gasteiger partial charge on any atom is 0.242 e. The van der Waals surface area contributed by atoms with Crippen LogP contribution in [0, 0.1) is 34.6 Å². The second-order valence-corrected chi connectivity index (χ2v) is 9.07. The summed E-state index contributed by atoms with van der Waals surface area (Å²) in [5.41, 5.74) is -0.0207. The van der Waals surface area contributed by atoms with E-state index < -0.39 is 59.1 Å². The Hall–Kier alpha value is -3.63. The predicted octanol–water partition coefficient (Wildman–Crippen LogP) is 4.09. The average molecular weight is 523 g/mol. The number of halogens is 4. The molecule has 4 N–H and O–H groups in total. The minimum Gasteiger partial charge on any atom is -0.494 e. The van der Waals surface area contributed by atoms with E-state index in [1.165, 1.54) is 25.3 Å². The molecule has 1 atom stereocenters. The van der Waals surface area contributed by atoms with Crippen molar-refractivity contribution < 1.29 is 31.9 Å². The van der Waals surface area contributed by atoms with Gasteiger partial charge < -0.3 is 15.4 Å². The van der Waals surface area contributed by atoms with Crippen molar-refractivity contribution in [1.82, 2.24) is 16.0 Å². The Balaban J connectivity index is 1.63. The lowest BCUT2D eigenvalue weighted by Crippen LogP contribution is -2.52. The van der Waals surface area contributed by atoms with Crippen LogP contribution in [0.5, 0.6) is 5.75 Å². The van der Waals surface area contributed by atoms with Gasteiger partial charge in [0.05, 0.1) is 13.5 Å². The van der Waals surface area contributed by atoms with Crippen LogP contribution in [0.4, 0.5) is 17.6 Å². The SMILES string of the molecule is COc1cc(CNC(=O)[C@@H](CC2CCCCC2)NC(=N)NC(=O)Cc2c(F)cc(F)cc2F)ccc1F. The fourth-order valence-electron chi connectivity index (χ4n) is 4.41. The molecular formula is C26H30F4N4O3. The fourth-order valence-corrected chi connectivity index (χ4v) is 4.41. The maximum absolute atomic E-state index is 13.9. The second-order valence-electron chi connectivity index (χ2n) is 9.07. The third-order valence-corrected chi connectivity index (χ3v) is 6.32. The first kappa shape index (κ1) is 27.9. The molecule has 0 unspecified atom stereocenters. The summed E-state index contributed by atoms with van der Waals surface area (Å²) in [5.74, 6) is -5.61. The van der Waals surface area contributed by atoms with Gasteiger partial charge in [0.2, 0.25) is 11.8 Å². The van der Waals surface area contributed by atoms with Gasteiger partial charge in [-0.05, 0) is 30.0 Å². The van der Waals surface area contributed by atoms with Crippen LogP contribution in [0.15, 0.2) is 30.3 Å². The largest absolute Gasteiger partial charge is 0.494 e. The van der Waals surface area contributed by atoms with E-state index >= 15 is 0 Å². The molecule has 1 aliphatic rings. The number of hydrogen-bond acceptors (Lipinski definition) is 4. The standard InChI is InChI=1S/C26H30F4N4O3/c1-37-23-10-16(7-8-19(23)28)14-32-25(36)22(9-15-5-3-2-4-6-15)33-26(31)34-24(35)13-18-20(29)11-17(27)12-21(18)30/h7-8,10-12,15,22H,2-6,9,13-14H2,1H3,(H,32,36)(H3,31,33,34,35)/t22-/m1/s1. The minimum atomic E-state index is -1.21. The molecule has 0 bridgehead atoms. The van der Waals surface area contributed by atoms with Crippen LogP contribution >= 0.6 is 0 Å². The third-order valence-electron chi connectivity index (χ3n) is 6.32. The first-order valence-electron chi connectivity index (χ1n) is 12.0. The molecular weight excluding hydrogens is 492 g/mol. The van der Waals surface area contributed by atoms with Crippen LogP contribution in [0.1, 0.15) is 49.7 Å². The molecule has 0 radical (unpaired) electrons. The Morgan fingerprint density at radius 3 is 2.35 bits per heavy atom. The van der Waals surface area contributed by atoms with Gasteiger partial charge in [-0.2, -0.15) is 0 Å². The van der Waals surface area contributed by atoms with Gasteiger partial charge in [-0.3, -0.25) is 20.3 Å². The van der Waals surface area contributed by atoms with Crippen molar-refractivity contribution >= 4 is 17.8 Å². The van der Waals surface area contributed by atoms with Gasteiger partial charge >= 0.3 is 0 Å². The molecule has 11 heteroatoms. The zero-order chi connectivity index (χ0) is 26.9. The topological polar surface area (TPSA) is 103 Å².